The number of piperidine rings is 2. The molecule has 0 unspecified atom stereocenters. The predicted molar refractivity (Wildman–Crippen MR) is 92.6 cm³/mol. The molecule has 0 radical (unpaired) electrons. The Labute approximate surface area is 132 Å². The highest BCUT2D eigenvalue weighted by Crippen LogP contribution is 2.30. The largest absolute Gasteiger partial charge is 0.303 e. The van der Waals surface area contributed by atoms with Gasteiger partial charge >= 0.3 is 0 Å². The van der Waals surface area contributed by atoms with Crippen LogP contribution in [0.15, 0.2) is 12.2 Å². The van der Waals surface area contributed by atoms with E-state index in [0.29, 0.717) is 0 Å². The summed E-state index contributed by atoms with van der Waals surface area (Å²) in [5.41, 5.74) is 1.31. The summed E-state index contributed by atoms with van der Waals surface area (Å²) in [7, 11) is 0. The van der Waals surface area contributed by atoms with Gasteiger partial charge in [0.15, 0.2) is 0 Å². The zero-order chi connectivity index (χ0) is 15.2. The predicted octanol–water partition coefficient (Wildman–Crippen LogP) is 4.03. The second kappa shape index (κ2) is 8.33. The van der Waals surface area contributed by atoms with E-state index in [4.69, 9.17) is 0 Å². The first-order valence-corrected chi connectivity index (χ1v) is 9.12. The molecule has 2 nitrogen and oxygen atoms in total. The number of likely N-dealkylation sites (tertiary alicyclic amines) is 2. The fourth-order valence-corrected chi connectivity index (χ4v) is 4.15. The third-order valence-electron chi connectivity index (χ3n) is 5.20. The Hall–Kier alpha value is -0.340. The van der Waals surface area contributed by atoms with Crippen molar-refractivity contribution in [3.63, 3.8) is 0 Å². The second-order valence-electron chi connectivity index (χ2n) is 8.05. The van der Waals surface area contributed by atoms with Crippen molar-refractivity contribution in [3.05, 3.63) is 12.2 Å². The highest BCUT2D eigenvalue weighted by atomic mass is 15.1. The van der Waals surface area contributed by atoms with E-state index in [-0.39, 0.29) is 0 Å². The number of nitrogens with zero attached hydrogens (tertiary/aromatic N) is 2. The minimum Gasteiger partial charge on any atom is -0.303 e. The van der Waals surface area contributed by atoms with Gasteiger partial charge in [0.2, 0.25) is 0 Å². The summed E-state index contributed by atoms with van der Waals surface area (Å²) in [5.74, 6) is 2.82. The molecule has 0 bridgehead atoms. The van der Waals surface area contributed by atoms with Crippen LogP contribution in [-0.2, 0) is 0 Å². The summed E-state index contributed by atoms with van der Waals surface area (Å²) < 4.78 is 0. The summed E-state index contributed by atoms with van der Waals surface area (Å²) in [5, 5.41) is 0. The average molecular weight is 293 g/mol. The first-order valence-electron chi connectivity index (χ1n) is 9.12. The Kier molecular flexibility index (Phi) is 6.75. The Balaban J connectivity index is 1.62. The van der Waals surface area contributed by atoms with Crippen LogP contribution < -0.4 is 0 Å². The van der Waals surface area contributed by atoms with Crippen molar-refractivity contribution in [2.75, 3.05) is 39.3 Å². The van der Waals surface area contributed by atoms with Gasteiger partial charge in [-0.25, -0.2) is 0 Å². The molecule has 0 aliphatic carbocycles. The maximum absolute atomic E-state index is 4.04. The normalized spacial score (nSPS) is 23.8. The molecule has 0 amide bonds. The summed E-state index contributed by atoms with van der Waals surface area (Å²) >= 11 is 0. The SMILES string of the molecule is C=C(C)CN1CCC(CC2CCN(CC(C)C)CC2)CC1. The van der Waals surface area contributed by atoms with E-state index in [2.05, 4.69) is 37.1 Å². The van der Waals surface area contributed by atoms with Crippen LogP contribution in [0.3, 0.4) is 0 Å². The van der Waals surface area contributed by atoms with Crippen molar-refractivity contribution < 1.29 is 0 Å². The van der Waals surface area contributed by atoms with E-state index in [9.17, 15) is 0 Å². The lowest BCUT2D eigenvalue weighted by Gasteiger charge is -2.37. The van der Waals surface area contributed by atoms with Crippen molar-refractivity contribution in [1.29, 1.82) is 0 Å². The van der Waals surface area contributed by atoms with Crippen molar-refractivity contribution in [2.45, 2.75) is 52.9 Å². The van der Waals surface area contributed by atoms with Crippen molar-refractivity contribution in [2.24, 2.45) is 17.8 Å². The maximum Gasteiger partial charge on any atom is 0.0187 e. The van der Waals surface area contributed by atoms with E-state index in [1.165, 1.54) is 70.4 Å². The molecule has 0 aromatic carbocycles. The quantitative estimate of drug-likeness (QED) is 0.682. The smallest absolute Gasteiger partial charge is 0.0187 e. The van der Waals surface area contributed by atoms with E-state index in [1.54, 1.807) is 0 Å². The van der Waals surface area contributed by atoms with Crippen LogP contribution in [0.5, 0.6) is 0 Å². The molecule has 2 rings (SSSR count). The lowest BCUT2D eigenvalue weighted by atomic mass is 9.82. The third kappa shape index (κ3) is 6.12. The summed E-state index contributed by atoms with van der Waals surface area (Å²) in [6.07, 6.45) is 7.22. The topological polar surface area (TPSA) is 6.48 Å². The van der Waals surface area contributed by atoms with Gasteiger partial charge < -0.3 is 4.90 Å². The number of rotatable bonds is 6. The fraction of sp³-hybridized carbons (Fsp3) is 0.895. The lowest BCUT2D eigenvalue weighted by Crippen LogP contribution is -2.38. The molecule has 2 aliphatic heterocycles. The van der Waals surface area contributed by atoms with Gasteiger partial charge in [-0.05, 0) is 83.0 Å². The molecule has 2 saturated heterocycles. The Bertz CT molecular complexity index is 308. The maximum atomic E-state index is 4.04. The molecule has 2 fully saturated rings. The summed E-state index contributed by atoms with van der Waals surface area (Å²) in [4.78, 5) is 5.26. The highest BCUT2D eigenvalue weighted by molar-refractivity contribution is 4.93. The molecule has 122 valence electrons. The van der Waals surface area contributed by atoms with Crippen LogP contribution in [0.2, 0.25) is 0 Å². The van der Waals surface area contributed by atoms with Gasteiger partial charge in [0, 0.05) is 13.1 Å². The minimum atomic E-state index is 0.819. The second-order valence-corrected chi connectivity index (χ2v) is 8.05. The molecular weight excluding hydrogens is 256 g/mol. The summed E-state index contributed by atoms with van der Waals surface area (Å²) in [6, 6.07) is 0. The van der Waals surface area contributed by atoms with Crippen LogP contribution in [0, 0.1) is 17.8 Å². The van der Waals surface area contributed by atoms with Gasteiger partial charge in [-0.15, -0.1) is 0 Å². The third-order valence-corrected chi connectivity index (χ3v) is 5.20. The fourth-order valence-electron chi connectivity index (χ4n) is 4.15. The van der Waals surface area contributed by atoms with Crippen molar-refractivity contribution in [3.8, 4) is 0 Å². The number of hydrogen-bond donors (Lipinski definition) is 0. The molecule has 0 N–H and O–H groups in total. The van der Waals surface area contributed by atoms with Crippen LogP contribution in [-0.4, -0.2) is 49.1 Å². The lowest BCUT2D eigenvalue weighted by molar-refractivity contribution is 0.130. The van der Waals surface area contributed by atoms with Gasteiger partial charge in [0.25, 0.3) is 0 Å². The van der Waals surface area contributed by atoms with Gasteiger partial charge in [-0.2, -0.15) is 0 Å². The van der Waals surface area contributed by atoms with Crippen LogP contribution in [0.1, 0.15) is 52.9 Å². The zero-order valence-corrected chi connectivity index (χ0v) is 14.6. The molecule has 0 saturated carbocycles. The Morgan fingerprint density at radius 1 is 0.952 bits per heavy atom. The van der Waals surface area contributed by atoms with Gasteiger partial charge in [-0.3, -0.25) is 4.90 Å². The van der Waals surface area contributed by atoms with E-state index in [0.717, 1.165) is 24.3 Å². The number of hydrogen-bond acceptors (Lipinski definition) is 2. The molecule has 2 aliphatic rings. The first kappa shape index (κ1) is 17.0. The van der Waals surface area contributed by atoms with E-state index in [1.807, 2.05) is 0 Å². The van der Waals surface area contributed by atoms with Crippen LogP contribution in [0.25, 0.3) is 0 Å². The van der Waals surface area contributed by atoms with Gasteiger partial charge in [-0.1, -0.05) is 26.0 Å². The molecule has 2 heterocycles. The van der Waals surface area contributed by atoms with Gasteiger partial charge in [0.05, 0.1) is 0 Å². The molecule has 0 aromatic rings. The standard InChI is InChI=1S/C19H36N2/c1-16(2)14-20-9-5-18(6-10-20)13-19-7-11-21(12-8-19)15-17(3)4/h17-19H,1,5-15H2,2-4H3. The molecule has 0 atom stereocenters. The molecule has 2 heteroatoms. The van der Waals surface area contributed by atoms with E-state index < -0.39 is 0 Å². The summed E-state index contributed by atoms with van der Waals surface area (Å²) in [6.45, 7) is 18.6. The minimum absolute atomic E-state index is 0.819. The average Bonchev–Trinajstić information content (AvgIpc) is 2.42. The van der Waals surface area contributed by atoms with Crippen molar-refractivity contribution >= 4 is 0 Å². The first-order chi connectivity index (χ1) is 10.0. The molecule has 0 spiro atoms. The molecule has 21 heavy (non-hydrogen) atoms. The van der Waals surface area contributed by atoms with Crippen LogP contribution >= 0.6 is 0 Å². The zero-order valence-electron chi connectivity index (χ0n) is 14.6. The molecule has 0 aromatic heterocycles. The Morgan fingerprint density at radius 3 is 1.86 bits per heavy atom. The highest BCUT2D eigenvalue weighted by Gasteiger charge is 2.25. The van der Waals surface area contributed by atoms with Crippen LogP contribution in [0.4, 0.5) is 0 Å². The molecular formula is C19H36N2. The van der Waals surface area contributed by atoms with E-state index >= 15 is 0 Å². The van der Waals surface area contributed by atoms with Crippen molar-refractivity contribution in [1.82, 2.24) is 9.80 Å². The van der Waals surface area contributed by atoms with Gasteiger partial charge in [0.1, 0.15) is 0 Å². The Morgan fingerprint density at radius 2 is 1.43 bits per heavy atom. The monoisotopic (exact) mass is 292 g/mol.